The molecule has 0 amide bonds. The first kappa shape index (κ1) is 15.8. The largest absolute Gasteiger partial charge is 0.496 e. The van der Waals surface area contributed by atoms with E-state index in [1.165, 1.54) is 6.07 Å². The van der Waals surface area contributed by atoms with Crippen molar-refractivity contribution in [1.29, 1.82) is 0 Å². The topological polar surface area (TPSA) is 9.23 Å². The highest BCUT2D eigenvalue weighted by Crippen LogP contribution is 2.40. The Morgan fingerprint density at radius 1 is 1.20 bits per heavy atom. The summed E-state index contributed by atoms with van der Waals surface area (Å²) in [4.78, 5) is -0.331. The minimum Gasteiger partial charge on any atom is -0.496 e. The summed E-state index contributed by atoms with van der Waals surface area (Å²) in [6, 6.07) is 8.77. The van der Waals surface area contributed by atoms with E-state index in [1.54, 1.807) is 13.2 Å². The van der Waals surface area contributed by atoms with Crippen molar-refractivity contribution in [1.82, 2.24) is 0 Å². The van der Waals surface area contributed by atoms with Gasteiger partial charge in [0.1, 0.15) is 11.6 Å². The van der Waals surface area contributed by atoms with E-state index in [0.29, 0.717) is 20.8 Å². The smallest absolute Gasteiger partial charge is 0.129 e. The maximum Gasteiger partial charge on any atom is 0.129 e. The zero-order valence-electron chi connectivity index (χ0n) is 10.9. The Labute approximate surface area is 139 Å². The number of methoxy groups -OCH3 is 1. The number of hydrogen-bond acceptors (Lipinski definition) is 1. The molecule has 5 heteroatoms. The summed E-state index contributed by atoms with van der Waals surface area (Å²) in [5.41, 5.74) is 2.42. The van der Waals surface area contributed by atoms with Gasteiger partial charge in [0.2, 0.25) is 0 Å². The Kier molecular flexibility index (Phi) is 5.10. The van der Waals surface area contributed by atoms with Crippen LogP contribution in [0, 0.1) is 12.7 Å². The van der Waals surface area contributed by atoms with Gasteiger partial charge in [-0.05, 0) is 41.1 Å². The standard InChI is InChI=1S/C15H12Br2ClFO/c1-8-3-4-14(20-2)10(5-8)15(17)9-6-12(18)11(16)7-13(9)19/h3-7,15H,1-2H3. The van der Waals surface area contributed by atoms with E-state index in [9.17, 15) is 4.39 Å². The van der Waals surface area contributed by atoms with E-state index in [-0.39, 0.29) is 10.6 Å². The summed E-state index contributed by atoms with van der Waals surface area (Å²) >= 11 is 12.8. The second-order valence-corrected chi connectivity index (χ2v) is 6.57. The van der Waals surface area contributed by atoms with Crippen LogP contribution in [0.3, 0.4) is 0 Å². The van der Waals surface area contributed by atoms with Crippen molar-refractivity contribution in [2.75, 3.05) is 7.11 Å². The van der Waals surface area contributed by atoms with Gasteiger partial charge in [0, 0.05) is 15.6 Å². The fraction of sp³-hybridized carbons (Fsp3) is 0.200. The SMILES string of the molecule is COc1ccc(C)cc1C(Br)c1cc(Cl)c(Br)cc1F. The first-order valence-electron chi connectivity index (χ1n) is 5.87. The molecule has 0 heterocycles. The van der Waals surface area contributed by atoms with Gasteiger partial charge >= 0.3 is 0 Å². The molecule has 0 spiro atoms. The lowest BCUT2D eigenvalue weighted by atomic mass is 10.0. The summed E-state index contributed by atoms with van der Waals surface area (Å²) < 4.78 is 20.0. The third-order valence-corrected chi connectivity index (χ3v) is 5.15. The molecule has 0 fully saturated rings. The number of alkyl halides is 1. The summed E-state index contributed by atoms with van der Waals surface area (Å²) in [6.45, 7) is 1.98. The average molecular weight is 423 g/mol. The molecule has 0 aromatic heterocycles. The van der Waals surface area contributed by atoms with E-state index in [4.69, 9.17) is 16.3 Å². The van der Waals surface area contributed by atoms with Gasteiger partial charge in [-0.1, -0.05) is 45.2 Å². The van der Waals surface area contributed by atoms with Crippen LogP contribution in [-0.2, 0) is 0 Å². The van der Waals surface area contributed by atoms with Crippen molar-refractivity contribution in [3.8, 4) is 5.75 Å². The quantitative estimate of drug-likeness (QED) is 0.433. The second-order valence-electron chi connectivity index (χ2n) is 4.40. The van der Waals surface area contributed by atoms with Crippen LogP contribution in [0.15, 0.2) is 34.8 Å². The predicted molar refractivity (Wildman–Crippen MR) is 87.6 cm³/mol. The van der Waals surface area contributed by atoms with Gasteiger partial charge in [-0.25, -0.2) is 4.39 Å². The van der Waals surface area contributed by atoms with Crippen molar-refractivity contribution < 1.29 is 9.13 Å². The average Bonchev–Trinajstić information content (AvgIpc) is 2.42. The summed E-state index contributed by atoms with van der Waals surface area (Å²) in [5, 5.41) is 0.470. The van der Waals surface area contributed by atoms with Crippen LogP contribution in [0.5, 0.6) is 5.75 Å². The Morgan fingerprint density at radius 2 is 1.90 bits per heavy atom. The van der Waals surface area contributed by atoms with Crippen molar-refractivity contribution in [2.45, 2.75) is 11.8 Å². The third kappa shape index (κ3) is 3.18. The molecule has 0 saturated carbocycles. The molecule has 0 radical (unpaired) electrons. The van der Waals surface area contributed by atoms with Crippen LogP contribution >= 0.6 is 43.5 Å². The molecule has 1 atom stereocenters. The molecule has 0 bridgehead atoms. The van der Waals surface area contributed by atoms with E-state index < -0.39 is 0 Å². The first-order chi connectivity index (χ1) is 9.43. The molecule has 1 unspecified atom stereocenters. The highest BCUT2D eigenvalue weighted by molar-refractivity contribution is 9.10. The maximum atomic E-state index is 14.1. The van der Waals surface area contributed by atoms with Crippen molar-refractivity contribution in [3.63, 3.8) is 0 Å². The predicted octanol–water partition coefficient (Wildman–Crippen LogP) is 6.04. The van der Waals surface area contributed by atoms with Gasteiger partial charge in [0.25, 0.3) is 0 Å². The van der Waals surface area contributed by atoms with Crippen LogP contribution in [0.2, 0.25) is 5.02 Å². The van der Waals surface area contributed by atoms with Gasteiger partial charge in [0.05, 0.1) is 17.0 Å². The zero-order valence-corrected chi connectivity index (χ0v) is 14.8. The lowest BCUT2D eigenvalue weighted by molar-refractivity contribution is 0.410. The molecule has 0 aliphatic carbocycles. The lowest BCUT2D eigenvalue weighted by Gasteiger charge is -2.17. The molecule has 0 saturated heterocycles. The van der Waals surface area contributed by atoms with Crippen LogP contribution in [0.4, 0.5) is 4.39 Å². The minimum absolute atomic E-state index is 0.327. The number of rotatable bonds is 3. The van der Waals surface area contributed by atoms with E-state index >= 15 is 0 Å². The number of aryl methyl sites for hydroxylation is 1. The molecule has 2 aromatic rings. The fourth-order valence-electron chi connectivity index (χ4n) is 1.95. The highest BCUT2D eigenvalue weighted by atomic mass is 79.9. The minimum atomic E-state index is -0.331. The summed E-state index contributed by atoms with van der Waals surface area (Å²) in [5.74, 6) is 0.377. The van der Waals surface area contributed by atoms with Gasteiger partial charge in [-0.2, -0.15) is 0 Å². The monoisotopic (exact) mass is 420 g/mol. The number of hydrogen-bond donors (Lipinski definition) is 0. The Morgan fingerprint density at radius 3 is 2.55 bits per heavy atom. The normalized spacial score (nSPS) is 12.3. The van der Waals surface area contributed by atoms with Crippen LogP contribution < -0.4 is 4.74 Å². The van der Waals surface area contributed by atoms with Crippen molar-refractivity contribution >= 4 is 43.5 Å². The Bertz CT molecular complexity index is 646. The van der Waals surface area contributed by atoms with Crippen molar-refractivity contribution in [3.05, 3.63) is 62.3 Å². The van der Waals surface area contributed by atoms with Gasteiger partial charge < -0.3 is 4.74 Å². The molecule has 2 aromatic carbocycles. The van der Waals surface area contributed by atoms with Crippen LogP contribution in [-0.4, -0.2) is 7.11 Å². The Balaban J connectivity index is 2.54. The number of halogens is 4. The molecule has 20 heavy (non-hydrogen) atoms. The van der Waals surface area contributed by atoms with Gasteiger partial charge in [-0.3, -0.25) is 0 Å². The van der Waals surface area contributed by atoms with Crippen LogP contribution in [0.1, 0.15) is 21.5 Å². The maximum absolute atomic E-state index is 14.1. The summed E-state index contributed by atoms with van der Waals surface area (Å²) in [7, 11) is 1.60. The zero-order chi connectivity index (χ0) is 14.9. The number of ether oxygens (including phenoxy) is 1. The molecule has 0 N–H and O–H groups in total. The second kappa shape index (κ2) is 6.46. The van der Waals surface area contributed by atoms with Crippen LogP contribution in [0.25, 0.3) is 0 Å². The van der Waals surface area contributed by atoms with E-state index in [1.807, 2.05) is 25.1 Å². The molecule has 1 nitrogen and oxygen atoms in total. The molecule has 0 aliphatic heterocycles. The van der Waals surface area contributed by atoms with E-state index in [2.05, 4.69) is 31.9 Å². The number of benzene rings is 2. The summed E-state index contributed by atoms with van der Waals surface area (Å²) in [6.07, 6.45) is 0. The Hall–Kier alpha value is -0.580. The third-order valence-electron chi connectivity index (χ3n) is 2.97. The first-order valence-corrected chi connectivity index (χ1v) is 7.95. The lowest BCUT2D eigenvalue weighted by Crippen LogP contribution is -2.00. The molecular formula is C15H12Br2ClFO. The van der Waals surface area contributed by atoms with Gasteiger partial charge in [-0.15, -0.1) is 0 Å². The van der Waals surface area contributed by atoms with E-state index in [0.717, 1.165) is 11.1 Å². The molecular weight excluding hydrogens is 410 g/mol. The van der Waals surface area contributed by atoms with Crippen molar-refractivity contribution in [2.24, 2.45) is 0 Å². The molecule has 106 valence electrons. The molecule has 0 aliphatic rings. The highest BCUT2D eigenvalue weighted by Gasteiger charge is 2.20. The van der Waals surface area contributed by atoms with Gasteiger partial charge in [0.15, 0.2) is 0 Å². The molecule has 2 rings (SSSR count). The fourth-order valence-corrected chi connectivity index (χ4v) is 3.15.